The molecule has 2 heterocycles. The van der Waals surface area contributed by atoms with E-state index < -0.39 is 0 Å². The van der Waals surface area contributed by atoms with Crippen molar-refractivity contribution in [2.45, 2.75) is 13.8 Å². The Balaban J connectivity index is 0.000000847. The average molecular weight is 297 g/mol. The van der Waals surface area contributed by atoms with E-state index in [2.05, 4.69) is 9.97 Å². The van der Waals surface area contributed by atoms with Crippen LogP contribution < -0.4 is 15.2 Å². The number of aromatic nitrogens is 2. The van der Waals surface area contributed by atoms with Gasteiger partial charge < -0.3 is 15.2 Å². The SMILES string of the molecule is CC.COc1cnc2c(Oc3ccc(N)cc3)ccnc2c1. The van der Waals surface area contributed by atoms with Gasteiger partial charge in [-0.05, 0) is 24.3 Å². The van der Waals surface area contributed by atoms with Crippen LogP contribution in [-0.4, -0.2) is 17.1 Å². The van der Waals surface area contributed by atoms with Crippen LogP contribution in [0.4, 0.5) is 5.69 Å². The molecule has 0 amide bonds. The number of nitrogens with zero attached hydrogens (tertiary/aromatic N) is 2. The number of anilines is 1. The van der Waals surface area contributed by atoms with Gasteiger partial charge in [-0.3, -0.25) is 4.98 Å². The van der Waals surface area contributed by atoms with Gasteiger partial charge in [0.2, 0.25) is 0 Å². The third kappa shape index (κ3) is 3.44. The van der Waals surface area contributed by atoms with Gasteiger partial charge in [-0.1, -0.05) is 13.8 Å². The Kier molecular flexibility index (Phi) is 5.14. The lowest BCUT2D eigenvalue weighted by Crippen LogP contribution is -1.92. The quantitative estimate of drug-likeness (QED) is 0.739. The summed E-state index contributed by atoms with van der Waals surface area (Å²) in [5, 5.41) is 0. The molecule has 3 rings (SSSR count). The van der Waals surface area contributed by atoms with Gasteiger partial charge in [0, 0.05) is 24.0 Å². The third-order valence-electron chi connectivity index (χ3n) is 2.86. The van der Waals surface area contributed by atoms with E-state index in [-0.39, 0.29) is 0 Å². The first kappa shape index (κ1) is 15.6. The Hall–Kier alpha value is -2.82. The fraction of sp³-hybridized carbons (Fsp3) is 0.176. The largest absolute Gasteiger partial charge is 0.495 e. The van der Waals surface area contributed by atoms with E-state index in [0.29, 0.717) is 28.5 Å². The Bertz CT molecular complexity index is 742. The van der Waals surface area contributed by atoms with Gasteiger partial charge >= 0.3 is 0 Å². The summed E-state index contributed by atoms with van der Waals surface area (Å²) in [6.45, 7) is 4.00. The van der Waals surface area contributed by atoms with Crippen molar-refractivity contribution in [3.63, 3.8) is 0 Å². The highest BCUT2D eigenvalue weighted by atomic mass is 16.5. The van der Waals surface area contributed by atoms with Crippen LogP contribution in [0.25, 0.3) is 11.0 Å². The molecule has 0 radical (unpaired) electrons. The normalized spacial score (nSPS) is 9.77. The number of methoxy groups -OCH3 is 1. The van der Waals surface area contributed by atoms with Crippen molar-refractivity contribution < 1.29 is 9.47 Å². The first-order chi connectivity index (χ1) is 10.8. The lowest BCUT2D eigenvalue weighted by Gasteiger charge is -2.08. The van der Waals surface area contributed by atoms with E-state index in [4.69, 9.17) is 15.2 Å². The summed E-state index contributed by atoms with van der Waals surface area (Å²) in [6.07, 6.45) is 3.32. The van der Waals surface area contributed by atoms with Gasteiger partial charge in [-0.15, -0.1) is 0 Å². The van der Waals surface area contributed by atoms with E-state index >= 15 is 0 Å². The Morgan fingerprint density at radius 2 is 1.68 bits per heavy atom. The minimum absolute atomic E-state index is 0.641. The van der Waals surface area contributed by atoms with Gasteiger partial charge in [0.15, 0.2) is 5.75 Å². The van der Waals surface area contributed by atoms with E-state index in [0.717, 1.165) is 5.52 Å². The molecule has 0 spiro atoms. The van der Waals surface area contributed by atoms with Crippen molar-refractivity contribution >= 4 is 16.7 Å². The van der Waals surface area contributed by atoms with E-state index in [1.807, 2.05) is 32.0 Å². The van der Waals surface area contributed by atoms with E-state index in [9.17, 15) is 0 Å². The van der Waals surface area contributed by atoms with Crippen molar-refractivity contribution in [1.29, 1.82) is 0 Å². The maximum absolute atomic E-state index is 5.82. The van der Waals surface area contributed by atoms with E-state index in [1.165, 1.54) is 0 Å². The summed E-state index contributed by atoms with van der Waals surface area (Å²) in [5.41, 5.74) is 7.75. The number of nitrogens with two attached hydrogens (primary N) is 1. The van der Waals surface area contributed by atoms with Crippen LogP contribution in [0.15, 0.2) is 48.8 Å². The summed E-state index contributed by atoms with van der Waals surface area (Å²) < 4.78 is 11.0. The van der Waals surface area contributed by atoms with Gasteiger partial charge in [0.1, 0.15) is 17.0 Å². The Morgan fingerprint density at radius 3 is 2.36 bits per heavy atom. The molecule has 5 nitrogen and oxygen atoms in total. The zero-order valence-corrected chi connectivity index (χ0v) is 12.9. The summed E-state index contributed by atoms with van der Waals surface area (Å²) in [5.74, 6) is 2.00. The maximum atomic E-state index is 5.82. The second-order valence-corrected chi connectivity index (χ2v) is 4.22. The molecule has 0 aliphatic rings. The predicted octanol–water partition coefficient (Wildman–Crippen LogP) is 4.04. The number of rotatable bonds is 3. The molecule has 114 valence electrons. The average Bonchev–Trinajstić information content (AvgIpc) is 2.58. The Labute approximate surface area is 129 Å². The molecule has 2 aromatic heterocycles. The van der Waals surface area contributed by atoms with Crippen LogP contribution in [-0.2, 0) is 0 Å². The molecule has 5 heteroatoms. The smallest absolute Gasteiger partial charge is 0.156 e. The minimum atomic E-state index is 0.641. The molecule has 1 aromatic carbocycles. The number of benzene rings is 1. The molecule has 0 aliphatic heterocycles. The van der Waals surface area contributed by atoms with Crippen molar-refractivity contribution in [1.82, 2.24) is 9.97 Å². The zero-order chi connectivity index (χ0) is 15.9. The monoisotopic (exact) mass is 297 g/mol. The number of fused-ring (bicyclic) bond motifs is 1. The second kappa shape index (κ2) is 7.26. The van der Waals surface area contributed by atoms with Crippen LogP contribution in [0.5, 0.6) is 17.2 Å². The maximum Gasteiger partial charge on any atom is 0.156 e. The zero-order valence-electron chi connectivity index (χ0n) is 12.9. The summed E-state index contributed by atoms with van der Waals surface area (Å²) in [4.78, 5) is 8.59. The van der Waals surface area contributed by atoms with Gasteiger partial charge in [0.25, 0.3) is 0 Å². The van der Waals surface area contributed by atoms with Gasteiger partial charge in [-0.25, -0.2) is 4.98 Å². The number of nitrogen functional groups attached to an aromatic ring is 1. The molecular weight excluding hydrogens is 278 g/mol. The summed E-state index contributed by atoms with van der Waals surface area (Å²) in [6, 6.07) is 10.8. The van der Waals surface area contributed by atoms with Crippen molar-refractivity contribution in [2.24, 2.45) is 0 Å². The van der Waals surface area contributed by atoms with Crippen LogP contribution in [0.3, 0.4) is 0 Å². The predicted molar refractivity (Wildman–Crippen MR) is 88.4 cm³/mol. The first-order valence-electron chi connectivity index (χ1n) is 7.08. The van der Waals surface area contributed by atoms with Gasteiger partial charge in [0.05, 0.1) is 18.8 Å². The lowest BCUT2D eigenvalue weighted by molar-refractivity contribution is 0.413. The standard InChI is InChI=1S/C15H13N3O2.C2H6/c1-19-12-8-13-15(18-9-12)14(6-7-17-13)20-11-4-2-10(16)3-5-11;1-2/h2-9H,16H2,1H3;1-2H3. The molecule has 0 atom stereocenters. The molecular formula is C17H19N3O2. The molecule has 0 aliphatic carbocycles. The van der Waals surface area contributed by atoms with Crippen LogP contribution in [0.2, 0.25) is 0 Å². The molecule has 2 N–H and O–H groups in total. The lowest BCUT2D eigenvalue weighted by atomic mass is 10.3. The molecule has 0 fully saturated rings. The van der Waals surface area contributed by atoms with E-state index in [1.54, 1.807) is 37.7 Å². The number of hydrogen-bond acceptors (Lipinski definition) is 5. The second-order valence-electron chi connectivity index (χ2n) is 4.22. The van der Waals surface area contributed by atoms with Gasteiger partial charge in [-0.2, -0.15) is 0 Å². The van der Waals surface area contributed by atoms with Crippen molar-refractivity contribution in [2.75, 3.05) is 12.8 Å². The number of ether oxygens (including phenoxy) is 2. The molecule has 0 unspecified atom stereocenters. The van der Waals surface area contributed by atoms with Crippen LogP contribution in [0.1, 0.15) is 13.8 Å². The number of pyridine rings is 2. The molecule has 0 bridgehead atoms. The number of hydrogen-bond donors (Lipinski definition) is 1. The highest BCUT2D eigenvalue weighted by molar-refractivity contribution is 5.81. The summed E-state index contributed by atoms with van der Waals surface area (Å²) >= 11 is 0. The third-order valence-corrected chi connectivity index (χ3v) is 2.86. The molecule has 0 saturated heterocycles. The highest BCUT2D eigenvalue weighted by Crippen LogP contribution is 2.29. The first-order valence-corrected chi connectivity index (χ1v) is 7.08. The van der Waals surface area contributed by atoms with Crippen LogP contribution >= 0.6 is 0 Å². The summed E-state index contributed by atoms with van der Waals surface area (Å²) in [7, 11) is 1.59. The van der Waals surface area contributed by atoms with Crippen molar-refractivity contribution in [3.05, 3.63) is 48.8 Å². The minimum Gasteiger partial charge on any atom is -0.495 e. The topological polar surface area (TPSA) is 70.3 Å². The fourth-order valence-corrected chi connectivity index (χ4v) is 1.84. The Morgan fingerprint density at radius 1 is 0.955 bits per heavy atom. The highest BCUT2D eigenvalue weighted by Gasteiger charge is 2.07. The van der Waals surface area contributed by atoms with Crippen molar-refractivity contribution in [3.8, 4) is 17.2 Å². The molecule has 0 saturated carbocycles. The fourth-order valence-electron chi connectivity index (χ4n) is 1.84. The molecule has 3 aromatic rings. The van der Waals surface area contributed by atoms with Crippen LogP contribution in [0, 0.1) is 0 Å². The molecule has 22 heavy (non-hydrogen) atoms.